The molecule has 0 saturated heterocycles. The molecule has 5 nitrogen and oxygen atoms in total. The molecular weight excluding hydrogens is 276 g/mol. The quantitative estimate of drug-likeness (QED) is 0.861. The largest absolute Gasteiger partial charge is 0.330 e. The Hall–Kier alpha value is -2.14. The van der Waals surface area contributed by atoms with Crippen molar-refractivity contribution in [2.75, 3.05) is 11.9 Å². The zero-order valence-electron chi connectivity index (χ0n) is 13.4. The number of hydrogen-bond acceptors (Lipinski definition) is 3. The fourth-order valence-electron chi connectivity index (χ4n) is 2.27. The number of nitrogens with one attached hydrogen (secondary N) is 1. The third kappa shape index (κ3) is 3.95. The van der Waals surface area contributed by atoms with E-state index in [2.05, 4.69) is 28.7 Å². The molecule has 0 spiro atoms. The minimum absolute atomic E-state index is 0.0508. The van der Waals surface area contributed by atoms with Gasteiger partial charge in [0.2, 0.25) is 5.91 Å². The molecule has 118 valence electrons. The Morgan fingerprint density at radius 2 is 2.14 bits per heavy atom. The molecular formula is C17H24N4O. The van der Waals surface area contributed by atoms with Crippen LogP contribution in [0, 0.1) is 5.92 Å². The second-order valence-electron chi connectivity index (χ2n) is 5.89. The van der Waals surface area contributed by atoms with Crippen LogP contribution in [0.4, 0.5) is 5.69 Å². The van der Waals surface area contributed by atoms with Crippen LogP contribution in [-0.2, 0) is 11.3 Å². The third-order valence-electron chi connectivity index (χ3n) is 3.61. The second kappa shape index (κ2) is 7.22. The van der Waals surface area contributed by atoms with E-state index in [4.69, 9.17) is 5.73 Å². The predicted octanol–water partition coefficient (Wildman–Crippen LogP) is 2.59. The maximum atomic E-state index is 11.9. The Morgan fingerprint density at radius 1 is 1.36 bits per heavy atom. The van der Waals surface area contributed by atoms with Gasteiger partial charge in [0.15, 0.2) is 0 Å². The van der Waals surface area contributed by atoms with Crippen LogP contribution in [0.2, 0.25) is 0 Å². The van der Waals surface area contributed by atoms with Crippen molar-refractivity contribution in [1.82, 2.24) is 9.55 Å². The standard InChI is InChI=1S/C17H24N4O/c1-12(2)16-19-7-8-21(16)11-14-5-4-6-15(9-14)20-17(22)13(3)10-18/h4-9,12-13H,10-11,18H2,1-3H3,(H,20,22). The number of carbonyl (C=O) groups excluding carboxylic acids is 1. The molecule has 1 unspecified atom stereocenters. The second-order valence-corrected chi connectivity index (χ2v) is 5.89. The van der Waals surface area contributed by atoms with Gasteiger partial charge in [-0.3, -0.25) is 4.79 Å². The fraction of sp³-hybridized carbons (Fsp3) is 0.412. The minimum atomic E-state index is -0.190. The average Bonchev–Trinajstić information content (AvgIpc) is 2.95. The summed E-state index contributed by atoms with van der Waals surface area (Å²) < 4.78 is 2.13. The minimum Gasteiger partial charge on any atom is -0.330 e. The Kier molecular flexibility index (Phi) is 5.33. The van der Waals surface area contributed by atoms with Crippen LogP contribution < -0.4 is 11.1 Å². The molecule has 0 aliphatic rings. The Labute approximate surface area is 131 Å². The van der Waals surface area contributed by atoms with E-state index in [1.54, 1.807) is 0 Å². The number of anilines is 1. The summed E-state index contributed by atoms with van der Waals surface area (Å²) in [6.45, 7) is 7.16. The predicted molar refractivity (Wildman–Crippen MR) is 88.7 cm³/mol. The van der Waals surface area contributed by atoms with Gasteiger partial charge in [-0.15, -0.1) is 0 Å². The van der Waals surface area contributed by atoms with Crippen molar-refractivity contribution in [3.05, 3.63) is 48.0 Å². The first-order valence-electron chi connectivity index (χ1n) is 7.62. The Balaban J connectivity index is 2.11. The zero-order valence-corrected chi connectivity index (χ0v) is 13.4. The highest BCUT2D eigenvalue weighted by Crippen LogP contribution is 2.16. The van der Waals surface area contributed by atoms with Gasteiger partial charge < -0.3 is 15.6 Å². The van der Waals surface area contributed by atoms with E-state index >= 15 is 0 Å². The van der Waals surface area contributed by atoms with E-state index in [1.807, 2.05) is 43.6 Å². The van der Waals surface area contributed by atoms with Crippen molar-refractivity contribution >= 4 is 11.6 Å². The summed E-state index contributed by atoms with van der Waals surface area (Å²) in [5, 5.41) is 2.91. The number of rotatable bonds is 6. The molecule has 1 atom stereocenters. The average molecular weight is 300 g/mol. The molecule has 22 heavy (non-hydrogen) atoms. The summed E-state index contributed by atoms with van der Waals surface area (Å²) in [5.74, 6) is 1.20. The van der Waals surface area contributed by atoms with Gasteiger partial charge in [-0.05, 0) is 17.7 Å². The van der Waals surface area contributed by atoms with Gasteiger partial charge in [0.25, 0.3) is 0 Å². The highest BCUT2D eigenvalue weighted by molar-refractivity contribution is 5.92. The lowest BCUT2D eigenvalue weighted by Gasteiger charge is -2.13. The summed E-state index contributed by atoms with van der Waals surface area (Å²) in [4.78, 5) is 16.3. The van der Waals surface area contributed by atoms with Crippen LogP contribution in [0.3, 0.4) is 0 Å². The molecule has 2 aromatic rings. The number of amides is 1. The van der Waals surface area contributed by atoms with E-state index in [-0.39, 0.29) is 11.8 Å². The summed E-state index contributed by atoms with van der Waals surface area (Å²) in [6, 6.07) is 7.88. The number of aromatic nitrogens is 2. The van der Waals surface area contributed by atoms with Crippen LogP contribution in [0.15, 0.2) is 36.7 Å². The lowest BCUT2D eigenvalue weighted by molar-refractivity contribution is -0.119. The first-order chi connectivity index (χ1) is 10.5. The van der Waals surface area contributed by atoms with Crippen molar-refractivity contribution < 1.29 is 4.79 Å². The number of imidazole rings is 1. The maximum absolute atomic E-state index is 11.9. The van der Waals surface area contributed by atoms with Crippen LogP contribution in [-0.4, -0.2) is 22.0 Å². The van der Waals surface area contributed by atoms with Gasteiger partial charge in [0.05, 0.1) is 0 Å². The molecule has 5 heteroatoms. The normalized spacial score (nSPS) is 12.4. The number of hydrogen-bond donors (Lipinski definition) is 2. The number of nitrogens with two attached hydrogens (primary N) is 1. The van der Waals surface area contributed by atoms with E-state index < -0.39 is 0 Å². The monoisotopic (exact) mass is 300 g/mol. The molecule has 0 radical (unpaired) electrons. The van der Waals surface area contributed by atoms with Crippen molar-refractivity contribution in [3.8, 4) is 0 Å². The van der Waals surface area contributed by atoms with Crippen LogP contribution in [0.1, 0.15) is 38.1 Å². The summed E-state index contributed by atoms with van der Waals surface area (Å²) in [6.07, 6.45) is 3.81. The van der Waals surface area contributed by atoms with Crippen molar-refractivity contribution in [1.29, 1.82) is 0 Å². The highest BCUT2D eigenvalue weighted by atomic mass is 16.1. The first-order valence-corrected chi connectivity index (χ1v) is 7.62. The molecule has 1 amide bonds. The van der Waals surface area contributed by atoms with E-state index in [0.717, 1.165) is 23.6 Å². The molecule has 1 aromatic heterocycles. The van der Waals surface area contributed by atoms with Gasteiger partial charge in [0.1, 0.15) is 5.82 Å². The van der Waals surface area contributed by atoms with Crippen LogP contribution in [0.5, 0.6) is 0 Å². The lowest BCUT2D eigenvalue weighted by Crippen LogP contribution is -2.26. The summed E-state index contributed by atoms with van der Waals surface area (Å²) in [5.41, 5.74) is 7.44. The molecule has 1 aromatic carbocycles. The van der Waals surface area contributed by atoms with Gasteiger partial charge in [-0.25, -0.2) is 4.98 Å². The van der Waals surface area contributed by atoms with Gasteiger partial charge in [-0.1, -0.05) is 32.9 Å². The zero-order chi connectivity index (χ0) is 16.1. The van der Waals surface area contributed by atoms with Crippen molar-refractivity contribution in [3.63, 3.8) is 0 Å². The van der Waals surface area contributed by atoms with Gasteiger partial charge in [-0.2, -0.15) is 0 Å². The highest BCUT2D eigenvalue weighted by Gasteiger charge is 2.11. The molecule has 2 rings (SSSR count). The molecule has 0 aliphatic heterocycles. The SMILES string of the molecule is CC(CN)C(=O)Nc1cccc(Cn2ccnc2C(C)C)c1. The molecule has 1 heterocycles. The number of carbonyl (C=O) groups is 1. The molecule has 3 N–H and O–H groups in total. The molecule has 0 bridgehead atoms. The van der Waals surface area contributed by atoms with Crippen LogP contribution >= 0.6 is 0 Å². The van der Waals surface area contributed by atoms with Crippen molar-refractivity contribution in [2.24, 2.45) is 11.7 Å². The summed E-state index contributed by atoms with van der Waals surface area (Å²) in [7, 11) is 0. The number of benzene rings is 1. The van der Waals surface area contributed by atoms with Gasteiger partial charge >= 0.3 is 0 Å². The fourth-order valence-corrected chi connectivity index (χ4v) is 2.27. The third-order valence-corrected chi connectivity index (χ3v) is 3.61. The van der Waals surface area contributed by atoms with Crippen LogP contribution in [0.25, 0.3) is 0 Å². The smallest absolute Gasteiger partial charge is 0.228 e. The lowest BCUT2D eigenvalue weighted by atomic mass is 10.1. The Bertz CT molecular complexity index is 633. The molecule has 0 saturated carbocycles. The maximum Gasteiger partial charge on any atom is 0.228 e. The molecule has 0 fully saturated rings. The first kappa shape index (κ1) is 16.2. The Morgan fingerprint density at radius 3 is 2.82 bits per heavy atom. The number of nitrogens with zero attached hydrogens (tertiary/aromatic N) is 2. The van der Waals surface area contributed by atoms with E-state index in [9.17, 15) is 4.79 Å². The molecule has 0 aliphatic carbocycles. The van der Waals surface area contributed by atoms with Gasteiger partial charge in [0, 0.05) is 43.0 Å². The summed E-state index contributed by atoms with van der Waals surface area (Å²) >= 11 is 0. The van der Waals surface area contributed by atoms with Crippen molar-refractivity contribution in [2.45, 2.75) is 33.2 Å². The topological polar surface area (TPSA) is 72.9 Å². The van der Waals surface area contributed by atoms with E-state index in [0.29, 0.717) is 12.5 Å². The van der Waals surface area contributed by atoms with E-state index in [1.165, 1.54) is 0 Å².